The molecule has 2 aliphatic carbocycles. The van der Waals surface area contributed by atoms with Crippen molar-refractivity contribution in [1.29, 1.82) is 0 Å². The van der Waals surface area contributed by atoms with Crippen molar-refractivity contribution < 1.29 is 0 Å². The average Bonchev–Trinajstić information content (AvgIpc) is 3.56. The molecule has 4 aromatic carbocycles. The van der Waals surface area contributed by atoms with Gasteiger partial charge in [0.2, 0.25) is 0 Å². The molecule has 2 unspecified atom stereocenters. The molecule has 0 aliphatic heterocycles. The maximum Gasteiger partial charge on any atom is 0.0459 e. The predicted octanol–water partition coefficient (Wildman–Crippen LogP) is 9.08. The molecule has 200 valence electrons. The first kappa shape index (κ1) is 24.8. The van der Waals surface area contributed by atoms with Gasteiger partial charge in [0.15, 0.2) is 0 Å². The average molecular weight is 524 g/mol. The zero-order chi connectivity index (χ0) is 26.9. The van der Waals surface area contributed by atoms with Crippen LogP contribution in [0.25, 0.3) is 21.8 Å². The molecule has 40 heavy (non-hydrogen) atoms. The van der Waals surface area contributed by atoms with E-state index in [1.165, 1.54) is 81.3 Å². The highest BCUT2D eigenvalue weighted by molar-refractivity contribution is 5.86. The Morgan fingerprint density at radius 1 is 0.650 bits per heavy atom. The highest BCUT2D eigenvalue weighted by atomic mass is 14.9. The molecule has 0 bridgehead atoms. The van der Waals surface area contributed by atoms with Crippen molar-refractivity contribution in [3.05, 3.63) is 137 Å². The smallest absolute Gasteiger partial charge is 0.0459 e. The highest BCUT2D eigenvalue weighted by Crippen LogP contribution is 2.42. The van der Waals surface area contributed by atoms with Crippen molar-refractivity contribution in [2.45, 2.75) is 57.4 Å². The summed E-state index contributed by atoms with van der Waals surface area (Å²) >= 11 is 0. The molecule has 3 nitrogen and oxygen atoms in total. The Balaban J connectivity index is 0.000000169. The number of H-pyrrole nitrogens is 2. The molecule has 2 atom stereocenters. The minimum Gasteiger partial charge on any atom is -0.381 e. The number of aryl methyl sites for hydroxylation is 4. The lowest BCUT2D eigenvalue weighted by Gasteiger charge is -2.34. The molecule has 0 radical (unpaired) electrons. The van der Waals surface area contributed by atoms with Gasteiger partial charge in [0.25, 0.3) is 0 Å². The van der Waals surface area contributed by atoms with Gasteiger partial charge in [0, 0.05) is 50.8 Å². The van der Waals surface area contributed by atoms with E-state index >= 15 is 0 Å². The largest absolute Gasteiger partial charge is 0.381 e. The third-order valence-corrected chi connectivity index (χ3v) is 8.78. The predicted molar refractivity (Wildman–Crippen MR) is 168 cm³/mol. The van der Waals surface area contributed by atoms with Crippen LogP contribution < -0.4 is 5.32 Å². The first-order valence-electron chi connectivity index (χ1n) is 14.8. The van der Waals surface area contributed by atoms with Crippen molar-refractivity contribution in [2.24, 2.45) is 0 Å². The van der Waals surface area contributed by atoms with Crippen LogP contribution in [-0.2, 0) is 19.3 Å². The number of anilines is 1. The van der Waals surface area contributed by atoms with E-state index in [2.05, 4.69) is 125 Å². The second-order valence-corrected chi connectivity index (χ2v) is 11.4. The van der Waals surface area contributed by atoms with E-state index in [-0.39, 0.29) is 0 Å². The maximum atomic E-state index is 3.85. The van der Waals surface area contributed by atoms with Gasteiger partial charge in [-0.15, -0.1) is 0 Å². The molecule has 3 N–H and O–H groups in total. The number of aromatic amines is 2. The van der Waals surface area contributed by atoms with Crippen molar-refractivity contribution in [1.82, 2.24) is 9.97 Å². The van der Waals surface area contributed by atoms with Crippen molar-refractivity contribution in [3.8, 4) is 0 Å². The van der Waals surface area contributed by atoms with Crippen LogP contribution in [0.3, 0.4) is 0 Å². The second kappa shape index (κ2) is 10.7. The molecule has 2 aromatic heterocycles. The van der Waals surface area contributed by atoms with E-state index in [4.69, 9.17) is 0 Å². The molecular weight excluding hydrogens is 486 g/mol. The van der Waals surface area contributed by atoms with Crippen LogP contribution in [0.4, 0.5) is 5.69 Å². The fourth-order valence-electron chi connectivity index (χ4n) is 6.96. The monoisotopic (exact) mass is 523 g/mol. The summed E-state index contributed by atoms with van der Waals surface area (Å²) in [6.07, 6.45) is 7.40. The topological polar surface area (TPSA) is 43.6 Å². The quantitative estimate of drug-likeness (QED) is 0.213. The number of nitrogens with one attached hydrogen (secondary N) is 3. The Morgan fingerprint density at radius 3 is 2.17 bits per heavy atom. The summed E-state index contributed by atoms with van der Waals surface area (Å²) < 4.78 is 0. The molecule has 3 heteroatoms. The number of rotatable bonds is 3. The standard InChI is InChI=1S/C25H24N2.C12H13N/c1-17-8-7-11-19(16-17)26-22-14-15-23-25(20-12-5-6-13-21(20)27-23)24(22)18-9-3-2-4-10-18;1-3-7-11-9(5-1)10-6-2-4-8-12(10)13-11/h2-13,16,22,24,26-27H,14-15H2,1H3;1,3,5,7,13H,2,4,6,8H2. The van der Waals surface area contributed by atoms with E-state index < -0.39 is 0 Å². The Kier molecular flexibility index (Phi) is 6.65. The lowest BCUT2D eigenvalue weighted by molar-refractivity contribution is 0.548. The van der Waals surface area contributed by atoms with Crippen LogP contribution in [-0.4, -0.2) is 16.0 Å². The van der Waals surface area contributed by atoms with Gasteiger partial charge < -0.3 is 15.3 Å². The summed E-state index contributed by atoms with van der Waals surface area (Å²) in [4.78, 5) is 7.20. The zero-order valence-corrected chi connectivity index (χ0v) is 23.2. The number of benzene rings is 4. The second-order valence-electron chi connectivity index (χ2n) is 11.4. The Labute approximate surface area is 236 Å². The van der Waals surface area contributed by atoms with E-state index in [0.29, 0.717) is 12.0 Å². The molecule has 0 amide bonds. The third kappa shape index (κ3) is 4.70. The lowest BCUT2D eigenvalue weighted by atomic mass is 9.77. The van der Waals surface area contributed by atoms with Gasteiger partial charge in [-0.1, -0.05) is 78.9 Å². The third-order valence-electron chi connectivity index (χ3n) is 8.78. The molecule has 0 fully saturated rings. The maximum absolute atomic E-state index is 3.85. The first-order chi connectivity index (χ1) is 19.7. The number of hydrogen-bond acceptors (Lipinski definition) is 1. The van der Waals surface area contributed by atoms with Crippen molar-refractivity contribution in [2.75, 3.05) is 5.32 Å². The summed E-state index contributed by atoms with van der Waals surface area (Å²) in [6.45, 7) is 2.15. The van der Waals surface area contributed by atoms with Crippen LogP contribution in [0.5, 0.6) is 0 Å². The summed E-state index contributed by atoms with van der Waals surface area (Å²) in [5.74, 6) is 0.339. The fraction of sp³-hybridized carbons (Fsp3) is 0.243. The molecule has 2 heterocycles. The van der Waals surface area contributed by atoms with Crippen LogP contribution in [0, 0.1) is 6.92 Å². The van der Waals surface area contributed by atoms with Crippen LogP contribution in [0.2, 0.25) is 0 Å². The number of hydrogen-bond donors (Lipinski definition) is 3. The van der Waals surface area contributed by atoms with Crippen LogP contribution in [0.15, 0.2) is 103 Å². The van der Waals surface area contributed by atoms with Crippen LogP contribution >= 0.6 is 0 Å². The molecule has 2 aliphatic rings. The van der Waals surface area contributed by atoms with E-state index in [9.17, 15) is 0 Å². The first-order valence-corrected chi connectivity index (χ1v) is 14.8. The van der Waals surface area contributed by atoms with Crippen molar-refractivity contribution in [3.63, 3.8) is 0 Å². The fourth-order valence-corrected chi connectivity index (χ4v) is 6.96. The summed E-state index contributed by atoms with van der Waals surface area (Å²) in [7, 11) is 0. The lowest BCUT2D eigenvalue weighted by Crippen LogP contribution is -2.33. The SMILES string of the molecule is Cc1cccc(NC2CCc3[nH]c4ccccc4c3C2c2ccccc2)c1.c1ccc2c3c([nH]c2c1)CCCC3. The molecule has 0 saturated carbocycles. The molecule has 8 rings (SSSR count). The van der Waals surface area contributed by atoms with Gasteiger partial charge in [-0.3, -0.25) is 0 Å². The Morgan fingerprint density at radius 2 is 1.35 bits per heavy atom. The molecule has 6 aromatic rings. The number of para-hydroxylation sites is 2. The minimum absolute atomic E-state index is 0.339. The number of aromatic nitrogens is 2. The summed E-state index contributed by atoms with van der Waals surface area (Å²) in [5, 5.41) is 6.65. The van der Waals surface area contributed by atoms with Gasteiger partial charge in [0.05, 0.1) is 0 Å². The molecule has 0 saturated heterocycles. The van der Waals surface area contributed by atoms with Gasteiger partial charge in [-0.25, -0.2) is 0 Å². The van der Waals surface area contributed by atoms with Crippen LogP contribution in [0.1, 0.15) is 58.8 Å². The van der Waals surface area contributed by atoms with Crippen molar-refractivity contribution >= 4 is 27.5 Å². The molecule has 0 spiro atoms. The van der Waals surface area contributed by atoms with Gasteiger partial charge in [0.1, 0.15) is 0 Å². The minimum atomic E-state index is 0.339. The summed E-state index contributed by atoms with van der Waals surface area (Å²) in [6, 6.07) is 37.4. The van der Waals surface area contributed by atoms with Gasteiger partial charge in [-0.2, -0.15) is 0 Å². The van der Waals surface area contributed by atoms with E-state index in [1.807, 2.05) is 0 Å². The molecular formula is C37H37N3. The Hall–Kier alpha value is -4.24. The zero-order valence-electron chi connectivity index (χ0n) is 23.2. The van der Waals surface area contributed by atoms with Gasteiger partial charge >= 0.3 is 0 Å². The summed E-state index contributed by atoms with van der Waals surface area (Å²) in [5.41, 5.74) is 12.4. The van der Waals surface area contributed by atoms with E-state index in [1.54, 1.807) is 5.56 Å². The number of fused-ring (bicyclic) bond motifs is 6. The van der Waals surface area contributed by atoms with Gasteiger partial charge in [-0.05, 0) is 92.0 Å². The van der Waals surface area contributed by atoms with E-state index in [0.717, 1.165) is 12.8 Å². The highest BCUT2D eigenvalue weighted by Gasteiger charge is 2.33. The Bertz CT molecular complexity index is 1760. The normalized spacial score (nSPS) is 18.0.